The molecule has 1 aromatic rings. The molecule has 0 bridgehead atoms. The Bertz CT molecular complexity index is 588. The second-order valence-corrected chi connectivity index (χ2v) is 6.60. The Labute approximate surface area is 142 Å². The first-order chi connectivity index (χ1) is 11.8. The van der Waals surface area contributed by atoms with Crippen molar-refractivity contribution in [2.24, 2.45) is 0 Å². The summed E-state index contributed by atoms with van der Waals surface area (Å²) in [4.78, 5) is 17.2. The van der Waals surface area contributed by atoms with E-state index >= 15 is 0 Å². The summed E-state index contributed by atoms with van der Waals surface area (Å²) in [7, 11) is 0. The third-order valence-corrected chi connectivity index (χ3v) is 5.05. The standard InChI is InChI=1S/C18H24N2O4/c21-18(17-13-23-15-4-1-2-5-16(15)24-17)20-8-3-7-19(9-10-20)14-6-11-22-12-14/h1-2,4-5,14,17H,3,6-13H2. The maximum absolute atomic E-state index is 12.8. The van der Waals surface area contributed by atoms with Crippen molar-refractivity contribution in [1.29, 1.82) is 0 Å². The van der Waals surface area contributed by atoms with Gasteiger partial charge < -0.3 is 19.1 Å². The van der Waals surface area contributed by atoms with Gasteiger partial charge in [0.05, 0.1) is 6.61 Å². The van der Waals surface area contributed by atoms with Gasteiger partial charge in [-0.15, -0.1) is 0 Å². The molecule has 0 saturated carbocycles. The highest BCUT2D eigenvalue weighted by Gasteiger charge is 2.33. The van der Waals surface area contributed by atoms with Crippen molar-refractivity contribution in [3.05, 3.63) is 24.3 Å². The molecule has 0 radical (unpaired) electrons. The van der Waals surface area contributed by atoms with Crippen LogP contribution in [0, 0.1) is 0 Å². The highest BCUT2D eigenvalue weighted by molar-refractivity contribution is 5.82. The number of rotatable bonds is 2. The summed E-state index contributed by atoms with van der Waals surface area (Å²) in [5.74, 6) is 1.40. The predicted molar refractivity (Wildman–Crippen MR) is 88.3 cm³/mol. The van der Waals surface area contributed by atoms with Crippen LogP contribution in [0.3, 0.4) is 0 Å². The van der Waals surface area contributed by atoms with Gasteiger partial charge in [-0.3, -0.25) is 9.69 Å². The lowest BCUT2D eigenvalue weighted by molar-refractivity contribution is -0.141. The first-order valence-corrected chi connectivity index (χ1v) is 8.80. The van der Waals surface area contributed by atoms with Crippen LogP contribution in [0.4, 0.5) is 0 Å². The summed E-state index contributed by atoms with van der Waals surface area (Å²) in [6.07, 6.45) is 1.55. The van der Waals surface area contributed by atoms with E-state index in [9.17, 15) is 4.79 Å². The van der Waals surface area contributed by atoms with Gasteiger partial charge in [0, 0.05) is 38.8 Å². The first kappa shape index (κ1) is 15.7. The summed E-state index contributed by atoms with van der Waals surface area (Å²) in [5, 5.41) is 0. The van der Waals surface area contributed by atoms with E-state index in [-0.39, 0.29) is 12.5 Å². The van der Waals surface area contributed by atoms with Crippen LogP contribution in [-0.4, -0.2) is 73.9 Å². The van der Waals surface area contributed by atoms with Crippen LogP contribution in [0.25, 0.3) is 0 Å². The van der Waals surface area contributed by atoms with Gasteiger partial charge in [0.25, 0.3) is 5.91 Å². The van der Waals surface area contributed by atoms with Gasteiger partial charge in [-0.2, -0.15) is 0 Å². The molecular formula is C18H24N2O4. The van der Waals surface area contributed by atoms with E-state index in [1.807, 2.05) is 29.2 Å². The predicted octanol–water partition coefficient (Wildman–Crippen LogP) is 1.15. The van der Waals surface area contributed by atoms with Crippen LogP contribution >= 0.6 is 0 Å². The molecule has 6 nitrogen and oxygen atoms in total. The van der Waals surface area contributed by atoms with E-state index in [4.69, 9.17) is 14.2 Å². The zero-order valence-electron chi connectivity index (χ0n) is 13.9. The number of amides is 1. The summed E-state index contributed by atoms with van der Waals surface area (Å²) in [6.45, 7) is 5.43. The van der Waals surface area contributed by atoms with Crippen LogP contribution in [-0.2, 0) is 9.53 Å². The van der Waals surface area contributed by atoms with Crippen molar-refractivity contribution >= 4 is 5.91 Å². The van der Waals surface area contributed by atoms with Crippen molar-refractivity contribution < 1.29 is 19.0 Å². The molecule has 2 unspecified atom stereocenters. The summed E-state index contributed by atoms with van der Waals surface area (Å²) in [6, 6.07) is 8.02. The van der Waals surface area contributed by atoms with Gasteiger partial charge in [-0.1, -0.05) is 12.1 Å². The molecule has 2 fully saturated rings. The molecule has 0 N–H and O–H groups in total. The van der Waals surface area contributed by atoms with Gasteiger partial charge in [0.15, 0.2) is 11.5 Å². The van der Waals surface area contributed by atoms with E-state index in [1.165, 1.54) is 0 Å². The lowest BCUT2D eigenvalue weighted by Gasteiger charge is -2.30. The molecular weight excluding hydrogens is 308 g/mol. The minimum absolute atomic E-state index is 0.0361. The van der Waals surface area contributed by atoms with Crippen molar-refractivity contribution in [3.8, 4) is 11.5 Å². The Kier molecular flexibility index (Phi) is 4.58. The maximum Gasteiger partial charge on any atom is 0.267 e. The van der Waals surface area contributed by atoms with Crippen molar-refractivity contribution in [3.63, 3.8) is 0 Å². The van der Waals surface area contributed by atoms with Crippen LogP contribution in [0.5, 0.6) is 11.5 Å². The molecule has 1 aromatic carbocycles. The minimum atomic E-state index is -0.540. The molecule has 0 spiro atoms. The number of para-hydroxylation sites is 2. The molecule has 2 atom stereocenters. The molecule has 3 aliphatic heterocycles. The molecule has 0 aliphatic carbocycles. The van der Waals surface area contributed by atoms with Gasteiger partial charge in [-0.25, -0.2) is 0 Å². The van der Waals surface area contributed by atoms with Crippen LogP contribution in [0.1, 0.15) is 12.8 Å². The Balaban J connectivity index is 1.36. The molecule has 24 heavy (non-hydrogen) atoms. The Morgan fingerprint density at radius 2 is 1.92 bits per heavy atom. The fraction of sp³-hybridized carbons (Fsp3) is 0.611. The fourth-order valence-electron chi connectivity index (χ4n) is 3.68. The SMILES string of the molecule is O=C(C1COc2ccccc2O1)N1CCCN(C2CCOC2)CC1. The van der Waals surface area contributed by atoms with Gasteiger partial charge in [0.2, 0.25) is 6.10 Å². The largest absolute Gasteiger partial charge is 0.485 e. The summed E-state index contributed by atoms with van der Waals surface area (Å²) >= 11 is 0. The zero-order valence-corrected chi connectivity index (χ0v) is 13.9. The molecule has 3 heterocycles. The molecule has 3 aliphatic rings. The fourth-order valence-corrected chi connectivity index (χ4v) is 3.68. The van der Waals surface area contributed by atoms with Gasteiger partial charge in [0.1, 0.15) is 6.61 Å². The minimum Gasteiger partial charge on any atom is -0.485 e. The number of ether oxygens (including phenoxy) is 3. The number of hydrogen-bond donors (Lipinski definition) is 0. The van der Waals surface area contributed by atoms with Crippen LogP contribution < -0.4 is 9.47 Å². The van der Waals surface area contributed by atoms with Crippen molar-refractivity contribution in [2.75, 3.05) is 46.0 Å². The van der Waals surface area contributed by atoms with E-state index in [2.05, 4.69) is 4.90 Å². The van der Waals surface area contributed by atoms with Gasteiger partial charge >= 0.3 is 0 Å². The molecule has 4 rings (SSSR count). The topological polar surface area (TPSA) is 51.2 Å². The second-order valence-electron chi connectivity index (χ2n) is 6.60. The molecule has 2 saturated heterocycles. The smallest absolute Gasteiger partial charge is 0.267 e. The van der Waals surface area contributed by atoms with E-state index in [1.54, 1.807) is 0 Å². The number of fused-ring (bicyclic) bond motifs is 1. The summed E-state index contributed by atoms with van der Waals surface area (Å²) in [5.41, 5.74) is 0. The number of nitrogens with zero attached hydrogens (tertiary/aromatic N) is 2. The molecule has 130 valence electrons. The Morgan fingerprint density at radius 3 is 2.75 bits per heavy atom. The molecule has 1 amide bonds. The van der Waals surface area contributed by atoms with Gasteiger partial charge in [-0.05, 0) is 25.0 Å². The van der Waals surface area contributed by atoms with Crippen LogP contribution in [0.2, 0.25) is 0 Å². The second kappa shape index (κ2) is 6.99. The average molecular weight is 332 g/mol. The Hall–Kier alpha value is -1.79. The zero-order chi connectivity index (χ0) is 16.4. The van der Waals surface area contributed by atoms with E-state index in [0.717, 1.165) is 52.2 Å². The van der Waals surface area contributed by atoms with Crippen molar-refractivity contribution in [2.45, 2.75) is 25.0 Å². The van der Waals surface area contributed by atoms with Crippen molar-refractivity contribution in [1.82, 2.24) is 9.80 Å². The number of carbonyl (C=O) groups is 1. The molecule has 0 aromatic heterocycles. The normalized spacial score (nSPS) is 27.8. The summed E-state index contributed by atoms with van der Waals surface area (Å²) < 4.78 is 17.0. The van der Waals surface area contributed by atoms with Crippen LogP contribution in [0.15, 0.2) is 24.3 Å². The lowest BCUT2D eigenvalue weighted by atomic mass is 10.2. The first-order valence-electron chi connectivity index (χ1n) is 8.80. The quantitative estimate of drug-likeness (QED) is 0.813. The highest BCUT2D eigenvalue weighted by Crippen LogP contribution is 2.31. The lowest BCUT2D eigenvalue weighted by Crippen LogP contribution is -2.48. The van der Waals surface area contributed by atoms with E-state index < -0.39 is 6.10 Å². The highest BCUT2D eigenvalue weighted by atomic mass is 16.6. The third-order valence-electron chi connectivity index (χ3n) is 5.05. The molecule has 6 heteroatoms. The number of benzene rings is 1. The third kappa shape index (κ3) is 3.21. The number of carbonyl (C=O) groups excluding carboxylic acids is 1. The number of hydrogen-bond acceptors (Lipinski definition) is 5. The maximum atomic E-state index is 12.8. The Morgan fingerprint density at radius 1 is 1.04 bits per heavy atom. The average Bonchev–Trinajstić information content (AvgIpc) is 3.05. The monoisotopic (exact) mass is 332 g/mol. The van der Waals surface area contributed by atoms with E-state index in [0.29, 0.717) is 17.5 Å².